The molecule has 100 valence electrons. The van der Waals surface area contributed by atoms with Gasteiger partial charge in [0.25, 0.3) is 0 Å². The van der Waals surface area contributed by atoms with Crippen molar-refractivity contribution in [3.05, 3.63) is 0 Å². The molecule has 17 heavy (non-hydrogen) atoms. The zero-order valence-corrected chi connectivity index (χ0v) is 11.4. The van der Waals surface area contributed by atoms with E-state index in [1.54, 1.807) is 4.90 Å². The third kappa shape index (κ3) is 3.60. The van der Waals surface area contributed by atoms with E-state index in [4.69, 9.17) is 5.73 Å². The normalized spacial score (nSPS) is 27.6. The van der Waals surface area contributed by atoms with Crippen LogP contribution in [0.2, 0.25) is 0 Å². The Labute approximate surface area is 104 Å². The van der Waals surface area contributed by atoms with Crippen LogP contribution in [0.4, 0.5) is 4.79 Å². The highest BCUT2D eigenvalue weighted by atomic mass is 16.4. The summed E-state index contributed by atoms with van der Waals surface area (Å²) in [6.45, 7) is 7.88. The van der Waals surface area contributed by atoms with Gasteiger partial charge in [-0.2, -0.15) is 0 Å². The Bertz CT molecular complexity index is 265. The van der Waals surface area contributed by atoms with Gasteiger partial charge < -0.3 is 15.7 Å². The number of hydrogen-bond donors (Lipinski definition) is 2. The van der Waals surface area contributed by atoms with E-state index >= 15 is 0 Å². The summed E-state index contributed by atoms with van der Waals surface area (Å²) in [4.78, 5) is 13.0. The second-order valence-corrected chi connectivity index (χ2v) is 6.24. The molecule has 0 spiro atoms. The van der Waals surface area contributed by atoms with Crippen molar-refractivity contribution < 1.29 is 9.90 Å². The maximum absolute atomic E-state index is 11.4. The SMILES string of the molecule is C[C@H]([C@H]1CC[C@H](N)CC1)N(C(=O)O)C(C)(C)C. The second kappa shape index (κ2) is 5.25. The molecule has 4 nitrogen and oxygen atoms in total. The molecule has 0 radical (unpaired) electrons. The van der Waals surface area contributed by atoms with E-state index in [0.717, 1.165) is 25.7 Å². The second-order valence-electron chi connectivity index (χ2n) is 6.24. The van der Waals surface area contributed by atoms with E-state index < -0.39 is 6.09 Å². The number of carboxylic acid groups (broad SMARTS) is 1. The molecule has 1 aliphatic rings. The van der Waals surface area contributed by atoms with E-state index in [-0.39, 0.29) is 11.6 Å². The van der Waals surface area contributed by atoms with Crippen LogP contribution in [-0.2, 0) is 0 Å². The van der Waals surface area contributed by atoms with E-state index in [0.29, 0.717) is 12.0 Å². The minimum absolute atomic E-state index is 0.0694. The van der Waals surface area contributed by atoms with Crippen molar-refractivity contribution in [3.63, 3.8) is 0 Å². The third-order valence-corrected chi connectivity index (χ3v) is 3.83. The number of carbonyl (C=O) groups is 1. The number of rotatable bonds is 2. The molecular weight excluding hydrogens is 216 g/mol. The first kappa shape index (κ1) is 14.3. The summed E-state index contributed by atoms with van der Waals surface area (Å²) in [5.41, 5.74) is 5.55. The van der Waals surface area contributed by atoms with E-state index in [2.05, 4.69) is 0 Å². The lowest BCUT2D eigenvalue weighted by Gasteiger charge is -2.43. The molecule has 1 rings (SSSR count). The fraction of sp³-hybridized carbons (Fsp3) is 0.923. The van der Waals surface area contributed by atoms with Gasteiger partial charge in [0.2, 0.25) is 0 Å². The van der Waals surface area contributed by atoms with Crippen molar-refractivity contribution in [2.24, 2.45) is 11.7 Å². The fourth-order valence-electron chi connectivity index (χ4n) is 2.91. The average molecular weight is 242 g/mol. The van der Waals surface area contributed by atoms with Crippen molar-refractivity contribution in [2.45, 2.75) is 71.0 Å². The van der Waals surface area contributed by atoms with Crippen LogP contribution in [0.25, 0.3) is 0 Å². The lowest BCUT2D eigenvalue weighted by atomic mass is 9.81. The Kier molecular flexibility index (Phi) is 4.42. The van der Waals surface area contributed by atoms with Gasteiger partial charge in [0.15, 0.2) is 0 Å². The molecule has 0 aromatic carbocycles. The van der Waals surface area contributed by atoms with E-state index in [1.807, 2.05) is 27.7 Å². The first-order chi connectivity index (χ1) is 7.73. The van der Waals surface area contributed by atoms with Crippen LogP contribution in [-0.4, -0.2) is 33.7 Å². The number of nitrogens with two attached hydrogens (primary N) is 1. The predicted molar refractivity (Wildman–Crippen MR) is 69.0 cm³/mol. The molecule has 4 heteroatoms. The molecular formula is C13H26N2O2. The molecule has 1 amide bonds. The molecule has 0 unspecified atom stereocenters. The fourth-order valence-corrected chi connectivity index (χ4v) is 2.91. The zero-order valence-electron chi connectivity index (χ0n) is 11.4. The van der Waals surface area contributed by atoms with Crippen molar-refractivity contribution in [2.75, 3.05) is 0 Å². The summed E-state index contributed by atoms with van der Waals surface area (Å²) >= 11 is 0. The molecule has 1 atom stereocenters. The first-order valence-corrected chi connectivity index (χ1v) is 6.51. The van der Waals surface area contributed by atoms with Crippen LogP contribution in [0.15, 0.2) is 0 Å². The molecule has 0 aromatic rings. The maximum Gasteiger partial charge on any atom is 0.407 e. The third-order valence-electron chi connectivity index (χ3n) is 3.83. The van der Waals surface area contributed by atoms with E-state index in [1.165, 1.54) is 0 Å². The molecule has 0 bridgehead atoms. The highest BCUT2D eigenvalue weighted by Gasteiger charge is 2.35. The van der Waals surface area contributed by atoms with Gasteiger partial charge in [-0.1, -0.05) is 0 Å². The maximum atomic E-state index is 11.4. The Hall–Kier alpha value is -0.770. The lowest BCUT2D eigenvalue weighted by Crippen LogP contribution is -2.53. The molecule has 1 saturated carbocycles. The van der Waals surface area contributed by atoms with Crippen molar-refractivity contribution in [1.29, 1.82) is 0 Å². The van der Waals surface area contributed by atoms with Crippen LogP contribution in [0.1, 0.15) is 53.4 Å². The van der Waals surface area contributed by atoms with Gasteiger partial charge in [-0.05, 0) is 59.3 Å². The van der Waals surface area contributed by atoms with Gasteiger partial charge in [0.05, 0.1) is 0 Å². The molecule has 0 aromatic heterocycles. The minimum atomic E-state index is -0.820. The van der Waals surface area contributed by atoms with Crippen LogP contribution in [0, 0.1) is 5.92 Å². The standard InChI is InChI=1S/C13H26N2O2/c1-9(10-5-7-11(14)8-6-10)15(12(16)17)13(2,3)4/h9-11H,5-8,14H2,1-4H3,(H,16,17)/t9-,10-,11-/m1/s1. The quantitative estimate of drug-likeness (QED) is 0.782. The number of nitrogens with zero attached hydrogens (tertiary/aromatic N) is 1. The lowest BCUT2D eigenvalue weighted by molar-refractivity contribution is 0.0461. The number of hydrogen-bond acceptors (Lipinski definition) is 2. The van der Waals surface area contributed by atoms with Gasteiger partial charge in [0.1, 0.15) is 0 Å². The molecule has 3 N–H and O–H groups in total. The Morgan fingerprint density at radius 2 is 1.76 bits per heavy atom. The predicted octanol–water partition coefficient (Wildman–Crippen LogP) is 2.67. The molecule has 0 aliphatic heterocycles. The highest BCUT2D eigenvalue weighted by molar-refractivity contribution is 5.66. The summed E-state index contributed by atoms with van der Waals surface area (Å²) in [6, 6.07) is 0.381. The molecule has 0 heterocycles. The van der Waals surface area contributed by atoms with Crippen LogP contribution >= 0.6 is 0 Å². The van der Waals surface area contributed by atoms with Crippen molar-refractivity contribution in [3.8, 4) is 0 Å². The summed E-state index contributed by atoms with van der Waals surface area (Å²) in [6.07, 6.45) is 3.31. The Balaban J connectivity index is 2.72. The van der Waals surface area contributed by atoms with Crippen LogP contribution in [0.5, 0.6) is 0 Å². The van der Waals surface area contributed by atoms with Gasteiger partial charge in [-0.3, -0.25) is 0 Å². The molecule has 1 fully saturated rings. The highest BCUT2D eigenvalue weighted by Crippen LogP contribution is 2.31. The van der Waals surface area contributed by atoms with Gasteiger partial charge in [-0.15, -0.1) is 0 Å². The topological polar surface area (TPSA) is 66.6 Å². The average Bonchev–Trinajstić information content (AvgIpc) is 2.15. The van der Waals surface area contributed by atoms with Gasteiger partial charge in [0, 0.05) is 17.6 Å². The van der Waals surface area contributed by atoms with Gasteiger partial charge in [-0.25, -0.2) is 4.79 Å². The summed E-state index contributed by atoms with van der Waals surface area (Å²) in [5, 5.41) is 9.36. The van der Waals surface area contributed by atoms with Gasteiger partial charge >= 0.3 is 6.09 Å². The van der Waals surface area contributed by atoms with Crippen molar-refractivity contribution >= 4 is 6.09 Å². The molecule has 0 saturated heterocycles. The summed E-state index contributed by atoms with van der Waals surface area (Å²) < 4.78 is 0. The summed E-state index contributed by atoms with van der Waals surface area (Å²) in [5.74, 6) is 0.449. The smallest absolute Gasteiger partial charge is 0.407 e. The van der Waals surface area contributed by atoms with Crippen LogP contribution < -0.4 is 5.73 Å². The Morgan fingerprint density at radius 1 is 1.29 bits per heavy atom. The minimum Gasteiger partial charge on any atom is -0.465 e. The van der Waals surface area contributed by atoms with Crippen LogP contribution in [0.3, 0.4) is 0 Å². The largest absolute Gasteiger partial charge is 0.465 e. The summed E-state index contributed by atoms with van der Waals surface area (Å²) in [7, 11) is 0. The van der Waals surface area contributed by atoms with E-state index in [9.17, 15) is 9.90 Å². The van der Waals surface area contributed by atoms with Crippen molar-refractivity contribution in [1.82, 2.24) is 4.90 Å². The zero-order chi connectivity index (χ0) is 13.2. The first-order valence-electron chi connectivity index (χ1n) is 6.51. The molecule has 1 aliphatic carbocycles. The monoisotopic (exact) mass is 242 g/mol. The number of amides is 1. The Morgan fingerprint density at radius 3 is 2.12 bits per heavy atom.